The number of aliphatic hydroxyl groups excluding tert-OH is 1. The fourth-order valence-corrected chi connectivity index (χ4v) is 11.0. The lowest BCUT2D eigenvalue weighted by Gasteiger charge is -2.37. The molecule has 11 heteroatoms. The quantitative estimate of drug-likeness (QED) is 0.196. The second-order valence-electron chi connectivity index (χ2n) is 13.8. The predicted octanol–water partition coefficient (Wildman–Crippen LogP) is 5.73. The Morgan fingerprint density at radius 3 is 2.53 bits per heavy atom. The first-order valence-electron chi connectivity index (χ1n) is 16.3. The van der Waals surface area contributed by atoms with Crippen LogP contribution in [0.15, 0.2) is 66.7 Å². The Balaban J connectivity index is 1.22. The van der Waals surface area contributed by atoms with Crippen LogP contribution in [0.5, 0.6) is 0 Å². The molecule has 3 amide bonds. The number of fused-ring (bicyclic) bond motifs is 3. The molecule has 4 aliphatic heterocycles. The van der Waals surface area contributed by atoms with Crippen molar-refractivity contribution in [3.05, 3.63) is 94.0 Å². The fraction of sp³-hybridized carbons (Fsp3) is 0.417. The van der Waals surface area contributed by atoms with E-state index in [1.165, 1.54) is 0 Å². The van der Waals surface area contributed by atoms with E-state index in [9.17, 15) is 19.5 Å². The molecule has 0 radical (unpaired) electrons. The minimum Gasteiger partial charge on any atom is -0.394 e. The highest BCUT2D eigenvalue weighted by atomic mass is 35.5. The van der Waals surface area contributed by atoms with Gasteiger partial charge in [-0.1, -0.05) is 54.9 Å². The lowest BCUT2D eigenvalue weighted by molar-refractivity contribution is -0.151. The van der Waals surface area contributed by atoms with Crippen LogP contribution in [0.1, 0.15) is 42.0 Å². The molecule has 0 aromatic heterocycles. The van der Waals surface area contributed by atoms with Gasteiger partial charge < -0.3 is 28.7 Å². The zero-order valence-electron chi connectivity index (χ0n) is 26.8. The van der Waals surface area contributed by atoms with Gasteiger partial charge in [0.15, 0.2) is 5.60 Å². The molecule has 0 aliphatic carbocycles. The maximum atomic E-state index is 16.4. The van der Waals surface area contributed by atoms with Crippen molar-refractivity contribution in [3.8, 4) is 0 Å². The van der Waals surface area contributed by atoms with E-state index < -0.39 is 37.6 Å². The van der Waals surface area contributed by atoms with Gasteiger partial charge in [-0.05, 0) is 66.5 Å². The summed E-state index contributed by atoms with van der Waals surface area (Å²) in [6, 6.07) is 20.3. The van der Waals surface area contributed by atoms with E-state index in [1.54, 1.807) is 46.0 Å². The molecular weight excluding hydrogens is 637 g/mol. The van der Waals surface area contributed by atoms with Crippen molar-refractivity contribution < 1.29 is 28.3 Å². The standard InChI is InChI=1S/C36H39ClFN3O5Si/c1-22-34(47(2,3)38)31(18-33(44)40-20-25-9-5-4-8-24(25)16-28(40)21-42)46-36(22)29-17-26(37)11-12-30(29)41(35(36)45)19-23-7-6-10-27(15-23)39-14-13-32(39)43/h4-12,15,17,22,28,31,34,42H,13-14,16,18-21H2,1-3H3/t22-,28+,31+,34-,36+/m1/s1. The van der Waals surface area contributed by atoms with E-state index >= 15 is 4.11 Å². The third-order valence-corrected chi connectivity index (χ3v) is 13.3. The van der Waals surface area contributed by atoms with Gasteiger partial charge >= 0.3 is 0 Å². The van der Waals surface area contributed by atoms with Crippen LogP contribution in [0, 0.1) is 5.92 Å². The highest BCUT2D eigenvalue weighted by Gasteiger charge is 2.67. The Bertz CT molecular complexity index is 1770. The highest BCUT2D eigenvalue weighted by Crippen LogP contribution is 2.60. The van der Waals surface area contributed by atoms with E-state index in [1.807, 2.05) is 55.5 Å². The molecule has 2 saturated heterocycles. The molecule has 3 aromatic carbocycles. The average Bonchev–Trinajstić information content (AvgIpc) is 3.45. The SMILES string of the molecule is C[C@@H]1[C@@H]([Si](C)(C)F)[C@H](CC(=O)N2Cc3ccccc3C[C@H]2CO)O[C@@]12C(=O)N(Cc1cccc(N3CCC3=O)c1)c1ccc(Cl)cc12. The lowest BCUT2D eigenvalue weighted by Crippen LogP contribution is -2.48. The molecule has 47 heavy (non-hydrogen) atoms. The molecule has 5 atom stereocenters. The Morgan fingerprint density at radius 1 is 1.09 bits per heavy atom. The van der Waals surface area contributed by atoms with Gasteiger partial charge in [-0.2, -0.15) is 0 Å². The van der Waals surface area contributed by atoms with E-state index in [0.717, 1.165) is 22.4 Å². The van der Waals surface area contributed by atoms with Gasteiger partial charge in [0.2, 0.25) is 20.2 Å². The van der Waals surface area contributed by atoms with Gasteiger partial charge in [-0.25, -0.2) is 0 Å². The summed E-state index contributed by atoms with van der Waals surface area (Å²) < 4.78 is 23.2. The number of halogens is 2. The summed E-state index contributed by atoms with van der Waals surface area (Å²) in [6.45, 7) is 6.12. The molecule has 3 aromatic rings. The van der Waals surface area contributed by atoms with E-state index in [2.05, 4.69) is 0 Å². The van der Waals surface area contributed by atoms with Crippen molar-refractivity contribution in [2.24, 2.45) is 5.92 Å². The van der Waals surface area contributed by atoms with E-state index in [0.29, 0.717) is 42.2 Å². The van der Waals surface area contributed by atoms with Crippen LogP contribution >= 0.6 is 11.6 Å². The minimum absolute atomic E-state index is 0.0650. The lowest BCUT2D eigenvalue weighted by atomic mass is 9.82. The summed E-state index contributed by atoms with van der Waals surface area (Å²) in [4.78, 5) is 45.9. The third-order valence-electron chi connectivity index (χ3n) is 10.6. The third kappa shape index (κ3) is 5.30. The molecule has 1 N–H and O–H groups in total. The maximum Gasteiger partial charge on any atom is 0.264 e. The Hall–Kier alpha value is -3.57. The summed E-state index contributed by atoms with van der Waals surface area (Å²) in [7, 11) is -3.51. The molecule has 1 spiro atoms. The Kier molecular flexibility index (Phi) is 8.06. The molecule has 246 valence electrons. The number of hydrogen-bond acceptors (Lipinski definition) is 5. The normalized spacial score (nSPS) is 26.9. The highest BCUT2D eigenvalue weighted by molar-refractivity contribution is 6.72. The molecular formula is C36H39ClFN3O5Si. The van der Waals surface area contributed by atoms with Gasteiger partial charge in [0.05, 0.1) is 37.4 Å². The number of aliphatic hydroxyl groups is 1. The topological polar surface area (TPSA) is 90.4 Å². The summed E-state index contributed by atoms with van der Waals surface area (Å²) in [5.41, 5.74) is 2.77. The van der Waals surface area contributed by atoms with Crippen molar-refractivity contribution in [1.82, 2.24) is 4.90 Å². The molecule has 0 bridgehead atoms. The summed E-state index contributed by atoms with van der Waals surface area (Å²) in [5, 5.41) is 10.7. The first kappa shape index (κ1) is 32.0. The van der Waals surface area contributed by atoms with Crippen LogP contribution in [0.3, 0.4) is 0 Å². The summed E-state index contributed by atoms with van der Waals surface area (Å²) in [6.07, 6.45) is 0.0945. The number of ether oxygens (including phenoxy) is 1. The molecule has 4 heterocycles. The summed E-state index contributed by atoms with van der Waals surface area (Å²) >= 11 is 6.53. The van der Waals surface area contributed by atoms with Crippen molar-refractivity contribution >= 4 is 49.1 Å². The smallest absolute Gasteiger partial charge is 0.264 e. The number of anilines is 2. The molecule has 8 nitrogen and oxygen atoms in total. The van der Waals surface area contributed by atoms with Gasteiger partial charge in [0, 0.05) is 47.2 Å². The van der Waals surface area contributed by atoms with Gasteiger partial charge in [-0.3, -0.25) is 14.4 Å². The van der Waals surface area contributed by atoms with Crippen LogP contribution in [-0.4, -0.2) is 61.4 Å². The van der Waals surface area contributed by atoms with Crippen LogP contribution in [-0.2, 0) is 44.2 Å². The fourth-order valence-electron chi connectivity index (χ4n) is 8.30. The number of rotatable bonds is 7. The average molecular weight is 676 g/mol. The predicted molar refractivity (Wildman–Crippen MR) is 180 cm³/mol. The van der Waals surface area contributed by atoms with Crippen molar-refractivity contribution in [3.63, 3.8) is 0 Å². The van der Waals surface area contributed by atoms with Crippen molar-refractivity contribution in [2.75, 3.05) is 23.0 Å². The maximum absolute atomic E-state index is 16.4. The number of carbonyl (C=O) groups is 3. The van der Waals surface area contributed by atoms with Gasteiger partial charge in [0.25, 0.3) is 5.91 Å². The number of amides is 3. The number of nitrogens with zero attached hydrogens (tertiary/aromatic N) is 3. The number of β-lactam (4-membered cyclic amide) rings is 1. The molecule has 7 rings (SSSR count). The van der Waals surface area contributed by atoms with Crippen LogP contribution in [0.4, 0.5) is 15.5 Å². The van der Waals surface area contributed by atoms with Gasteiger partial charge in [-0.15, -0.1) is 0 Å². The number of carbonyl (C=O) groups excluding carboxylic acids is 3. The molecule has 0 unspecified atom stereocenters. The molecule has 4 aliphatic rings. The summed E-state index contributed by atoms with van der Waals surface area (Å²) in [5.74, 6) is -1.06. The second-order valence-corrected chi connectivity index (χ2v) is 18.1. The van der Waals surface area contributed by atoms with Gasteiger partial charge in [0.1, 0.15) is 0 Å². The Morgan fingerprint density at radius 2 is 1.85 bits per heavy atom. The van der Waals surface area contributed by atoms with Crippen LogP contribution in [0.2, 0.25) is 23.7 Å². The van der Waals surface area contributed by atoms with Crippen molar-refractivity contribution in [2.45, 2.75) is 75.7 Å². The van der Waals surface area contributed by atoms with Crippen LogP contribution in [0.25, 0.3) is 0 Å². The number of hydrogen-bond donors (Lipinski definition) is 1. The second kappa shape index (κ2) is 11.8. The zero-order chi connectivity index (χ0) is 33.2. The number of benzene rings is 3. The molecule has 2 fully saturated rings. The zero-order valence-corrected chi connectivity index (χ0v) is 28.5. The van der Waals surface area contributed by atoms with E-state index in [4.69, 9.17) is 16.3 Å². The first-order chi connectivity index (χ1) is 22.4. The van der Waals surface area contributed by atoms with E-state index in [-0.39, 0.29) is 37.3 Å². The largest absolute Gasteiger partial charge is 0.394 e. The van der Waals surface area contributed by atoms with Crippen LogP contribution < -0.4 is 9.80 Å². The minimum atomic E-state index is -3.51. The van der Waals surface area contributed by atoms with Crippen molar-refractivity contribution in [1.29, 1.82) is 0 Å². The monoisotopic (exact) mass is 675 g/mol. The first-order valence-corrected chi connectivity index (χ1v) is 19.6. The molecule has 0 saturated carbocycles. The Labute approximate surface area is 280 Å².